The number of carbonyl (C=O) groups is 1. The first-order valence-electron chi connectivity index (χ1n) is 15.9. The molecule has 0 aromatic heterocycles. The van der Waals surface area contributed by atoms with Gasteiger partial charge in [-0.15, -0.1) is 0 Å². The van der Waals surface area contributed by atoms with Gasteiger partial charge in [-0.05, 0) is 107 Å². The molecule has 0 spiro atoms. The molecule has 1 saturated carbocycles. The van der Waals surface area contributed by atoms with Crippen LogP contribution in [0.15, 0.2) is 76.8 Å². The number of nitrogens with zero attached hydrogens (tertiary/aromatic N) is 1. The fourth-order valence-electron chi connectivity index (χ4n) is 4.79. The number of Topliss-reactive ketones (excluding diaryl/α,β-unsaturated/α-hetero) is 1. The summed E-state index contributed by atoms with van der Waals surface area (Å²) in [6.07, 6.45) is 16.8. The maximum Gasteiger partial charge on any atom is 0.159 e. The first-order chi connectivity index (χ1) is 19.4. The third kappa shape index (κ3) is 13.3. The lowest BCUT2D eigenvalue weighted by Crippen LogP contribution is -2.22. The number of hydrogen-bond acceptors (Lipinski definition) is 3. The fraction of sp³-hybridized carbons (Fsp3) is 0.553. The second kappa shape index (κ2) is 18.7. The summed E-state index contributed by atoms with van der Waals surface area (Å²) in [5.41, 5.74) is 14.2. The lowest BCUT2D eigenvalue weighted by atomic mass is 9.99. The molecule has 1 aromatic carbocycles. The van der Waals surface area contributed by atoms with Crippen molar-refractivity contribution < 1.29 is 4.79 Å². The maximum atomic E-state index is 11.7. The van der Waals surface area contributed by atoms with Gasteiger partial charge in [0.25, 0.3) is 0 Å². The molecule has 228 valence electrons. The largest absolute Gasteiger partial charge is 0.328 e. The Morgan fingerprint density at radius 2 is 1.68 bits per heavy atom. The standard InChI is InChI=1S/C23H27NO.C8H16.C7H17N/c1-15-10-8-9-11-22(15)12-16(2)19(5)20(6)24-17(3)13-23(21(7)25)14-18(24)4;1-3-7(2)6-8-4-5-8;1-3-5-6-7(8)4-2/h8-14H,3H2,1-2,4-7H3;7-8H,3-6H2,1-2H3;7H,3-6,8H2,1-2H3/b16-12+,20-19+;;. The van der Waals surface area contributed by atoms with Gasteiger partial charge < -0.3 is 10.6 Å². The van der Waals surface area contributed by atoms with Gasteiger partial charge in [0.15, 0.2) is 5.78 Å². The van der Waals surface area contributed by atoms with E-state index in [-0.39, 0.29) is 5.78 Å². The SMILES string of the molecule is C=C1C=C(C(C)=O)C=C(C)N1/C(C)=C(C)/C(C)=C/c1ccccc1C.CCC(C)CC1CC1.CCCCC(N)CC. The number of ketones is 1. The Morgan fingerprint density at radius 1 is 1.05 bits per heavy atom. The highest BCUT2D eigenvalue weighted by molar-refractivity contribution is 5.97. The quantitative estimate of drug-likeness (QED) is 0.274. The Bertz CT molecular complexity index is 1110. The molecule has 2 aliphatic rings. The third-order valence-corrected chi connectivity index (χ3v) is 8.35. The zero-order valence-corrected chi connectivity index (χ0v) is 28.1. The van der Waals surface area contributed by atoms with Gasteiger partial charge in [0.05, 0.1) is 0 Å². The average molecular weight is 561 g/mol. The zero-order valence-electron chi connectivity index (χ0n) is 28.1. The number of allylic oxidation sites excluding steroid dienone is 7. The van der Waals surface area contributed by atoms with E-state index in [4.69, 9.17) is 5.73 Å². The molecule has 2 atom stereocenters. The molecule has 0 amide bonds. The minimum Gasteiger partial charge on any atom is -0.328 e. The molecule has 2 N–H and O–H groups in total. The Hall–Kier alpha value is -2.65. The van der Waals surface area contributed by atoms with E-state index in [1.54, 1.807) is 6.92 Å². The van der Waals surface area contributed by atoms with E-state index in [0.717, 1.165) is 35.3 Å². The van der Waals surface area contributed by atoms with E-state index in [9.17, 15) is 4.79 Å². The topological polar surface area (TPSA) is 46.3 Å². The molecule has 3 rings (SSSR count). The van der Waals surface area contributed by atoms with E-state index in [2.05, 4.69) is 97.2 Å². The van der Waals surface area contributed by atoms with E-state index >= 15 is 0 Å². The van der Waals surface area contributed by atoms with Crippen molar-refractivity contribution in [3.63, 3.8) is 0 Å². The number of nitrogens with two attached hydrogens (primary N) is 1. The number of hydrogen-bond donors (Lipinski definition) is 1. The van der Waals surface area contributed by atoms with E-state index < -0.39 is 0 Å². The van der Waals surface area contributed by atoms with Crippen LogP contribution in [0.5, 0.6) is 0 Å². The number of benzene rings is 1. The van der Waals surface area contributed by atoms with Crippen LogP contribution in [-0.2, 0) is 4.79 Å². The Morgan fingerprint density at radius 3 is 2.17 bits per heavy atom. The van der Waals surface area contributed by atoms with Crippen LogP contribution in [0.4, 0.5) is 0 Å². The molecule has 3 nitrogen and oxygen atoms in total. The molecular weight excluding hydrogens is 500 g/mol. The van der Waals surface area contributed by atoms with Crippen LogP contribution in [0.3, 0.4) is 0 Å². The van der Waals surface area contributed by atoms with Crippen LogP contribution >= 0.6 is 0 Å². The zero-order chi connectivity index (χ0) is 31.1. The van der Waals surface area contributed by atoms with Gasteiger partial charge in [-0.1, -0.05) is 96.7 Å². The molecular formula is C38H60N2O. The number of carbonyl (C=O) groups excluding carboxylic acids is 1. The van der Waals surface area contributed by atoms with Crippen LogP contribution in [0.1, 0.15) is 125 Å². The number of unbranched alkanes of at least 4 members (excludes halogenated alkanes) is 1. The molecule has 1 aliphatic heterocycles. The fourth-order valence-corrected chi connectivity index (χ4v) is 4.79. The first kappa shape index (κ1) is 36.4. The van der Waals surface area contributed by atoms with Crippen molar-refractivity contribution >= 4 is 11.9 Å². The van der Waals surface area contributed by atoms with Crippen molar-refractivity contribution in [2.75, 3.05) is 0 Å². The van der Waals surface area contributed by atoms with Crippen LogP contribution in [0.25, 0.3) is 6.08 Å². The second-order valence-corrected chi connectivity index (χ2v) is 12.2. The molecule has 2 unspecified atom stereocenters. The second-order valence-electron chi connectivity index (χ2n) is 12.2. The molecule has 1 aromatic rings. The summed E-state index contributed by atoms with van der Waals surface area (Å²) in [7, 11) is 0. The van der Waals surface area contributed by atoms with Crippen molar-refractivity contribution in [2.24, 2.45) is 17.6 Å². The molecule has 1 heterocycles. The summed E-state index contributed by atoms with van der Waals surface area (Å²) in [6.45, 7) is 25.2. The number of rotatable bonds is 11. The van der Waals surface area contributed by atoms with E-state index in [1.807, 2.05) is 19.1 Å². The van der Waals surface area contributed by atoms with Crippen LogP contribution in [-0.4, -0.2) is 16.7 Å². The van der Waals surface area contributed by atoms with Crippen molar-refractivity contribution in [1.82, 2.24) is 4.90 Å². The molecule has 1 aliphatic carbocycles. The molecule has 0 radical (unpaired) electrons. The first-order valence-corrected chi connectivity index (χ1v) is 15.9. The average Bonchev–Trinajstić information content (AvgIpc) is 3.76. The predicted octanol–water partition coefficient (Wildman–Crippen LogP) is 10.7. The van der Waals surface area contributed by atoms with Gasteiger partial charge in [-0.2, -0.15) is 0 Å². The molecule has 0 saturated heterocycles. The minimum absolute atomic E-state index is 0.0640. The lowest BCUT2D eigenvalue weighted by molar-refractivity contribution is -0.113. The maximum absolute atomic E-state index is 11.7. The molecule has 1 fully saturated rings. The van der Waals surface area contributed by atoms with Crippen LogP contribution in [0.2, 0.25) is 0 Å². The van der Waals surface area contributed by atoms with Crippen LogP contribution in [0, 0.1) is 18.8 Å². The summed E-state index contributed by atoms with van der Waals surface area (Å²) in [6, 6.07) is 8.83. The van der Waals surface area contributed by atoms with Gasteiger partial charge in [-0.3, -0.25) is 4.79 Å². The normalized spacial score (nSPS) is 17.2. The summed E-state index contributed by atoms with van der Waals surface area (Å²) in [5, 5.41) is 0. The summed E-state index contributed by atoms with van der Waals surface area (Å²) >= 11 is 0. The lowest BCUT2D eigenvalue weighted by Gasteiger charge is -2.31. The highest BCUT2D eigenvalue weighted by Gasteiger charge is 2.22. The van der Waals surface area contributed by atoms with Gasteiger partial charge in [0, 0.05) is 28.7 Å². The Labute approximate surface area is 253 Å². The van der Waals surface area contributed by atoms with Gasteiger partial charge in [-0.25, -0.2) is 0 Å². The highest BCUT2D eigenvalue weighted by Crippen LogP contribution is 2.35. The van der Waals surface area contributed by atoms with E-state index in [0.29, 0.717) is 11.6 Å². The Kier molecular flexibility index (Phi) is 16.6. The summed E-state index contributed by atoms with van der Waals surface area (Å²) in [4.78, 5) is 13.8. The molecule has 0 bridgehead atoms. The predicted molar refractivity (Wildman–Crippen MR) is 181 cm³/mol. The third-order valence-electron chi connectivity index (χ3n) is 8.35. The number of aryl methyl sites for hydroxylation is 1. The molecule has 41 heavy (non-hydrogen) atoms. The summed E-state index contributed by atoms with van der Waals surface area (Å²) < 4.78 is 0. The van der Waals surface area contributed by atoms with Crippen molar-refractivity contribution in [3.05, 3.63) is 87.9 Å². The Balaban J connectivity index is 0.000000426. The van der Waals surface area contributed by atoms with E-state index in [1.165, 1.54) is 67.2 Å². The van der Waals surface area contributed by atoms with Crippen molar-refractivity contribution in [2.45, 2.75) is 127 Å². The van der Waals surface area contributed by atoms with Gasteiger partial charge in [0.2, 0.25) is 0 Å². The smallest absolute Gasteiger partial charge is 0.159 e. The van der Waals surface area contributed by atoms with Gasteiger partial charge in [0.1, 0.15) is 0 Å². The van der Waals surface area contributed by atoms with Gasteiger partial charge >= 0.3 is 0 Å². The van der Waals surface area contributed by atoms with Crippen molar-refractivity contribution in [3.8, 4) is 0 Å². The molecule has 3 heteroatoms. The monoisotopic (exact) mass is 560 g/mol. The summed E-state index contributed by atoms with van der Waals surface area (Å²) in [5.74, 6) is 2.18. The van der Waals surface area contributed by atoms with Crippen molar-refractivity contribution in [1.29, 1.82) is 0 Å². The minimum atomic E-state index is 0.0640. The highest BCUT2D eigenvalue weighted by atomic mass is 16.1. The van der Waals surface area contributed by atoms with Crippen LogP contribution < -0.4 is 5.73 Å².